The van der Waals surface area contributed by atoms with Gasteiger partial charge in [0.1, 0.15) is 0 Å². The van der Waals surface area contributed by atoms with E-state index in [0.717, 1.165) is 12.8 Å². The van der Waals surface area contributed by atoms with Crippen LogP contribution in [0.15, 0.2) is 12.2 Å². The molecule has 0 unspecified atom stereocenters. The van der Waals surface area contributed by atoms with Crippen LogP contribution in [-0.2, 0) is 14.4 Å². The van der Waals surface area contributed by atoms with Crippen molar-refractivity contribution >= 4 is 17.8 Å². The summed E-state index contributed by atoms with van der Waals surface area (Å²) in [5, 5.41) is 8.51. The van der Waals surface area contributed by atoms with E-state index in [1.165, 1.54) is 84.5 Å². The fourth-order valence-corrected chi connectivity index (χ4v) is 2.35. The SMILES string of the molecule is CC(N)=O.CC(N)=O.CCCCCCCCC=CCCCCCCCC(=O)O. The van der Waals surface area contributed by atoms with Crippen molar-refractivity contribution in [3.05, 3.63) is 12.2 Å². The van der Waals surface area contributed by atoms with E-state index in [1.807, 2.05) is 0 Å². The summed E-state index contributed by atoms with van der Waals surface area (Å²) in [5.74, 6) is -1.33. The molecule has 0 saturated carbocycles. The van der Waals surface area contributed by atoms with Gasteiger partial charge in [-0.25, -0.2) is 0 Å². The minimum atomic E-state index is -0.664. The number of amides is 2. The van der Waals surface area contributed by atoms with Gasteiger partial charge in [-0.3, -0.25) is 14.4 Å². The van der Waals surface area contributed by atoms with Crippen molar-refractivity contribution in [2.75, 3.05) is 0 Å². The number of rotatable bonds is 15. The monoisotopic (exact) mass is 400 g/mol. The maximum Gasteiger partial charge on any atom is 0.303 e. The van der Waals surface area contributed by atoms with E-state index in [4.69, 9.17) is 5.11 Å². The molecule has 0 aliphatic rings. The second-order valence-corrected chi connectivity index (χ2v) is 6.95. The highest BCUT2D eigenvalue weighted by Gasteiger charge is 1.95. The van der Waals surface area contributed by atoms with Gasteiger partial charge >= 0.3 is 5.97 Å². The Morgan fingerprint density at radius 1 is 0.679 bits per heavy atom. The van der Waals surface area contributed by atoms with E-state index < -0.39 is 5.97 Å². The van der Waals surface area contributed by atoms with Gasteiger partial charge in [0.2, 0.25) is 11.8 Å². The summed E-state index contributed by atoms with van der Waals surface area (Å²) in [6, 6.07) is 0. The average Bonchev–Trinajstić information content (AvgIpc) is 2.57. The van der Waals surface area contributed by atoms with Crippen LogP contribution in [0, 0.1) is 0 Å². The van der Waals surface area contributed by atoms with Crippen LogP contribution < -0.4 is 11.5 Å². The third-order valence-corrected chi connectivity index (χ3v) is 3.65. The van der Waals surface area contributed by atoms with E-state index in [-0.39, 0.29) is 11.8 Å². The lowest BCUT2D eigenvalue weighted by Crippen LogP contribution is -2.01. The highest BCUT2D eigenvalue weighted by Crippen LogP contribution is 2.09. The molecule has 5 N–H and O–H groups in total. The number of aliphatic carboxylic acids is 1. The maximum atomic E-state index is 10.3. The Bertz CT molecular complexity index is 376. The Labute approximate surface area is 172 Å². The number of primary amides is 2. The Morgan fingerprint density at radius 2 is 1.00 bits per heavy atom. The smallest absolute Gasteiger partial charge is 0.303 e. The number of hydrogen-bond acceptors (Lipinski definition) is 3. The molecule has 0 aromatic heterocycles. The van der Waals surface area contributed by atoms with Crippen molar-refractivity contribution in [1.82, 2.24) is 0 Å². The molecule has 0 aromatic carbocycles. The number of carboxylic acids is 1. The van der Waals surface area contributed by atoms with Gasteiger partial charge in [0.05, 0.1) is 0 Å². The minimum absolute atomic E-state index is 0.332. The van der Waals surface area contributed by atoms with Crippen LogP contribution in [0.5, 0.6) is 0 Å². The minimum Gasteiger partial charge on any atom is -0.481 e. The Morgan fingerprint density at radius 3 is 1.36 bits per heavy atom. The summed E-state index contributed by atoms with van der Waals surface area (Å²) in [6.07, 6.45) is 21.2. The van der Waals surface area contributed by atoms with Gasteiger partial charge in [-0.05, 0) is 32.1 Å². The lowest BCUT2D eigenvalue weighted by molar-refractivity contribution is -0.137. The van der Waals surface area contributed by atoms with E-state index in [9.17, 15) is 14.4 Å². The third kappa shape index (κ3) is 56.4. The summed E-state index contributed by atoms with van der Waals surface area (Å²) in [4.78, 5) is 28.8. The lowest BCUT2D eigenvalue weighted by Gasteiger charge is -1.99. The van der Waals surface area contributed by atoms with Gasteiger partial charge in [0.15, 0.2) is 0 Å². The largest absolute Gasteiger partial charge is 0.481 e. The van der Waals surface area contributed by atoms with Crippen molar-refractivity contribution in [3.63, 3.8) is 0 Å². The van der Waals surface area contributed by atoms with Crippen LogP contribution in [0.4, 0.5) is 0 Å². The zero-order valence-electron chi connectivity index (χ0n) is 18.4. The molecule has 166 valence electrons. The van der Waals surface area contributed by atoms with Crippen LogP contribution >= 0.6 is 0 Å². The van der Waals surface area contributed by atoms with E-state index >= 15 is 0 Å². The molecule has 0 saturated heterocycles. The highest BCUT2D eigenvalue weighted by atomic mass is 16.4. The van der Waals surface area contributed by atoms with Gasteiger partial charge in [-0.1, -0.05) is 70.4 Å². The summed E-state index contributed by atoms with van der Waals surface area (Å²) < 4.78 is 0. The first-order valence-corrected chi connectivity index (χ1v) is 10.6. The van der Waals surface area contributed by atoms with Crippen molar-refractivity contribution < 1.29 is 19.5 Å². The van der Waals surface area contributed by atoms with E-state index in [0.29, 0.717) is 6.42 Å². The molecular formula is C22H44N2O4. The molecule has 0 aromatic rings. The molecule has 0 rings (SSSR count). The lowest BCUT2D eigenvalue weighted by atomic mass is 10.1. The van der Waals surface area contributed by atoms with Gasteiger partial charge in [-0.2, -0.15) is 0 Å². The summed E-state index contributed by atoms with van der Waals surface area (Å²) in [5.41, 5.74) is 8.94. The van der Waals surface area contributed by atoms with Gasteiger partial charge < -0.3 is 16.6 Å². The number of carbonyl (C=O) groups is 3. The zero-order chi connectivity index (χ0) is 22.0. The second kappa shape index (κ2) is 27.4. The van der Waals surface area contributed by atoms with Gasteiger partial charge in [-0.15, -0.1) is 0 Å². The Kier molecular flexibility index (Phi) is 30.2. The molecule has 28 heavy (non-hydrogen) atoms. The molecule has 0 radical (unpaired) electrons. The second-order valence-electron chi connectivity index (χ2n) is 6.95. The molecule has 0 aliphatic heterocycles. The zero-order valence-corrected chi connectivity index (χ0v) is 18.4. The number of carboxylic acid groups (broad SMARTS) is 1. The topological polar surface area (TPSA) is 123 Å². The molecule has 6 heteroatoms. The molecule has 6 nitrogen and oxygen atoms in total. The van der Waals surface area contributed by atoms with Crippen LogP contribution in [-0.4, -0.2) is 22.9 Å². The molecule has 0 bridgehead atoms. The molecule has 0 fully saturated rings. The van der Waals surface area contributed by atoms with Crippen molar-refractivity contribution in [3.8, 4) is 0 Å². The highest BCUT2D eigenvalue weighted by molar-refractivity contribution is 5.70. The molecule has 0 spiro atoms. The van der Waals surface area contributed by atoms with Crippen LogP contribution in [0.3, 0.4) is 0 Å². The molecule has 0 heterocycles. The summed E-state index contributed by atoms with van der Waals surface area (Å²) in [7, 11) is 0. The van der Waals surface area contributed by atoms with Crippen LogP contribution in [0.2, 0.25) is 0 Å². The summed E-state index contributed by atoms with van der Waals surface area (Å²) in [6.45, 7) is 4.87. The first-order valence-electron chi connectivity index (χ1n) is 10.6. The van der Waals surface area contributed by atoms with Crippen molar-refractivity contribution in [2.24, 2.45) is 11.5 Å². The predicted octanol–water partition coefficient (Wildman–Crippen LogP) is 5.09. The predicted molar refractivity (Wildman–Crippen MR) is 117 cm³/mol. The summed E-state index contributed by atoms with van der Waals surface area (Å²) >= 11 is 0. The number of unbranched alkanes of at least 4 members (excludes halogenated alkanes) is 11. The van der Waals surface area contributed by atoms with Crippen molar-refractivity contribution in [1.29, 1.82) is 0 Å². The Hall–Kier alpha value is -1.85. The third-order valence-electron chi connectivity index (χ3n) is 3.65. The quantitative estimate of drug-likeness (QED) is 0.261. The molecule has 2 amide bonds. The molecular weight excluding hydrogens is 356 g/mol. The molecule has 0 atom stereocenters. The van der Waals surface area contributed by atoms with Gasteiger partial charge in [0, 0.05) is 20.3 Å². The number of hydrogen-bond donors (Lipinski definition) is 3. The van der Waals surface area contributed by atoms with E-state index in [2.05, 4.69) is 30.5 Å². The van der Waals surface area contributed by atoms with Crippen LogP contribution in [0.1, 0.15) is 111 Å². The fraction of sp³-hybridized carbons (Fsp3) is 0.773. The van der Waals surface area contributed by atoms with Crippen LogP contribution in [0.25, 0.3) is 0 Å². The first kappa shape index (κ1) is 30.9. The normalized spacial score (nSPS) is 9.82. The Balaban J connectivity index is -0.000000656. The number of nitrogens with two attached hydrogens (primary N) is 2. The van der Waals surface area contributed by atoms with E-state index in [1.54, 1.807) is 0 Å². The molecule has 0 aliphatic carbocycles. The van der Waals surface area contributed by atoms with Gasteiger partial charge in [0.25, 0.3) is 0 Å². The number of allylic oxidation sites excluding steroid dienone is 2. The van der Waals surface area contributed by atoms with Crippen molar-refractivity contribution in [2.45, 2.75) is 111 Å². The number of carbonyl (C=O) groups excluding carboxylic acids is 2. The fourth-order valence-electron chi connectivity index (χ4n) is 2.35. The average molecular weight is 401 g/mol. The first-order chi connectivity index (χ1) is 13.2. The maximum absolute atomic E-state index is 10.3. The standard InChI is InChI=1S/C18H34O2.2C2H5NO/c1-2-3-4-5-6-7-8-9-10-11-12-13-14-15-16-17-18(19)20;2*1-2(3)4/h9-10H,2-8,11-17H2,1H3,(H,19,20);2*1H3,(H2,3,4).